The number of nitrogens with two attached hydrogens (primary N) is 1. The number of hydrogen-bond donors (Lipinski definition) is 1. The lowest BCUT2D eigenvalue weighted by Gasteiger charge is -2.32. The molecule has 0 saturated carbocycles. The van der Waals surface area contributed by atoms with Crippen LogP contribution in [0.4, 0.5) is 5.69 Å². The number of likely N-dealkylation sites (N-methyl/N-ethyl adjacent to an activating group) is 1. The Morgan fingerprint density at radius 1 is 1.00 bits per heavy atom. The summed E-state index contributed by atoms with van der Waals surface area (Å²) >= 11 is 0. The van der Waals surface area contributed by atoms with E-state index in [1.165, 1.54) is 16.5 Å². The Bertz CT molecular complexity index is 735. The van der Waals surface area contributed by atoms with Gasteiger partial charge in [0.25, 0.3) is 0 Å². The number of anilines is 1. The minimum absolute atomic E-state index is 0.0806. The molecule has 0 radical (unpaired) electrons. The minimum Gasteiger partial charge on any atom is -0.361 e. The first-order valence-electron chi connectivity index (χ1n) is 7.70. The van der Waals surface area contributed by atoms with Gasteiger partial charge in [-0.25, -0.2) is 0 Å². The third-order valence-corrected chi connectivity index (χ3v) is 4.05. The molecule has 112 valence electrons. The lowest BCUT2D eigenvalue weighted by Crippen LogP contribution is -2.34. The molecular formula is C19H21N3. The largest absolute Gasteiger partial charge is 0.361 e. The molecule has 0 aliphatic carbocycles. The first-order chi connectivity index (χ1) is 10.8. The Labute approximate surface area is 131 Å². The second-order valence-electron chi connectivity index (χ2n) is 5.29. The first-order valence-corrected chi connectivity index (χ1v) is 7.70. The van der Waals surface area contributed by atoms with Crippen molar-refractivity contribution in [2.45, 2.75) is 13.0 Å². The van der Waals surface area contributed by atoms with Crippen LogP contribution in [0.5, 0.6) is 0 Å². The molecule has 1 heterocycles. The maximum absolute atomic E-state index is 6.08. The van der Waals surface area contributed by atoms with Crippen LogP contribution in [0.25, 0.3) is 10.8 Å². The SMILES string of the molecule is CCN(c1cccc2ccccc12)C(CN)c1ccccn1. The summed E-state index contributed by atoms with van der Waals surface area (Å²) in [6, 6.07) is 21.0. The van der Waals surface area contributed by atoms with E-state index in [0.717, 1.165) is 12.2 Å². The highest BCUT2D eigenvalue weighted by atomic mass is 15.2. The summed E-state index contributed by atoms with van der Waals surface area (Å²) < 4.78 is 0. The van der Waals surface area contributed by atoms with Gasteiger partial charge in [-0.3, -0.25) is 4.98 Å². The van der Waals surface area contributed by atoms with E-state index in [0.29, 0.717) is 6.54 Å². The molecule has 22 heavy (non-hydrogen) atoms. The average Bonchev–Trinajstić information content (AvgIpc) is 2.60. The molecule has 1 aromatic heterocycles. The summed E-state index contributed by atoms with van der Waals surface area (Å²) in [5.41, 5.74) is 8.30. The summed E-state index contributed by atoms with van der Waals surface area (Å²) in [6.45, 7) is 3.58. The monoisotopic (exact) mass is 291 g/mol. The fourth-order valence-corrected chi connectivity index (χ4v) is 3.00. The predicted octanol–water partition coefficient (Wildman–Crippen LogP) is 3.76. The van der Waals surface area contributed by atoms with Crippen LogP contribution < -0.4 is 10.6 Å². The van der Waals surface area contributed by atoms with Gasteiger partial charge in [0.15, 0.2) is 0 Å². The van der Waals surface area contributed by atoms with Gasteiger partial charge >= 0.3 is 0 Å². The van der Waals surface area contributed by atoms with Gasteiger partial charge in [0.1, 0.15) is 0 Å². The van der Waals surface area contributed by atoms with Gasteiger partial charge in [0, 0.05) is 30.4 Å². The zero-order valence-electron chi connectivity index (χ0n) is 12.8. The van der Waals surface area contributed by atoms with Crippen molar-refractivity contribution in [3.8, 4) is 0 Å². The van der Waals surface area contributed by atoms with E-state index in [4.69, 9.17) is 5.73 Å². The molecule has 0 aliphatic rings. The lowest BCUT2D eigenvalue weighted by atomic mass is 10.0. The van der Waals surface area contributed by atoms with Crippen LogP contribution in [0, 0.1) is 0 Å². The van der Waals surface area contributed by atoms with Gasteiger partial charge in [0.2, 0.25) is 0 Å². The Balaban J connectivity index is 2.09. The second-order valence-corrected chi connectivity index (χ2v) is 5.29. The van der Waals surface area contributed by atoms with Crippen LogP contribution in [0.15, 0.2) is 66.9 Å². The number of nitrogens with zero attached hydrogens (tertiary/aromatic N) is 2. The zero-order valence-corrected chi connectivity index (χ0v) is 12.8. The molecule has 0 saturated heterocycles. The molecule has 2 N–H and O–H groups in total. The molecule has 2 aromatic carbocycles. The van der Waals surface area contributed by atoms with Crippen molar-refractivity contribution in [3.05, 3.63) is 72.6 Å². The molecular weight excluding hydrogens is 270 g/mol. The van der Waals surface area contributed by atoms with Crippen molar-refractivity contribution < 1.29 is 0 Å². The van der Waals surface area contributed by atoms with E-state index < -0.39 is 0 Å². The van der Waals surface area contributed by atoms with E-state index in [1.54, 1.807) is 0 Å². The van der Waals surface area contributed by atoms with Gasteiger partial charge in [-0.1, -0.05) is 42.5 Å². The normalized spacial score (nSPS) is 12.3. The molecule has 3 nitrogen and oxygen atoms in total. The van der Waals surface area contributed by atoms with Gasteiger partial charge in [-0.2, -0.15) is 0 Å². The summed E-state index contributed by atoms with van der Waals surface area (Å²) in [7, 11) is 0. The maximum Gasteiger partial charge on any atom is 0.0835 e. The van der Waals surface area contributed by atoms with Crippen LogP contribution in [0.3, 0.4) is 0 Å². The molecule has 1 unspecified atom stereocenters. The summed E-state index contributed by atoms with van der Waals surface area (Å²) in [6.07, 6.45) is 1.83. The van der Waals surface area contributed by atoms with Crippen molar-refractivity contribution in [1.29, 1.82) is 0 Å². The minimum atomic E-state index is 0.0806. The molecule has 0 amide bonds. The molecule has 3 heteroatoms. The molecule has 0 aliphatic heterocycles. The summed E-state index contributed by atoms with van der Waals surface area (Å²) in [5.74, 6) is 0. The zero-order chi connectivity index (χ0) is 15.4. The van der Waals surface area contributed by atoms with Gasteiger partial charge in [-0.05, 0) is 30.5 Å². The summed E-state index contributed by atoms with van der Waals surface area (Å²) in [5, 5.41) is 2.50. The van der Waals surface area contributed by atoms with Crippen molar-refractivity contribution >= 4 is 16.5 Å². The molecule has 0 spiro atoms. The van der Waals surface area contributed by atoms with Crippen molar-refractivity contribution in [2.24, 2.45) is 5.73 Å². The maximum atomic E-state index is 6.08. The Kier molecular flexibility index (Phi) is 4.35. The van der Waals surface area contributed by atoms with E-state index in [-0.39, 0.29) is 6.04 Å². The quantitative estimate of drug-likeness (QED) is 0.778. The summed E-state index contributed by atoms with van der Waals surface area (Å²) in [4.78, 5) is 6.84. The van der Waals surface area contributed by atoms with Crippen molar-refractivity contribution in [3.63, 3.8) is 0 Å². The van der Waals surface area contributed by atoms with Gasteiger partial charge in [-0.15, -0.1) is 0 Å². The molecule has 0 bridgehead atoms. The van der Waals surface area contributed by atoms with Crippen LogP contribution >= 0.6 is 0 Å². The number of pyridine rings is 1. The lowest BCUT2D eigenvalue weighted by molar-refractivity contribution is 0.628. The van der Waals surface area contributed by atoms with Gasteiger partial charge < -0.3 is 10.6 Å². The van der Waals surface area contributed by atoms with Crippen molar-refractivity contribution in [2.75, 3.05) is 18.0 Å². The number of benzene rings is 2. The van der Waals surface area contributed by atoms with Gasteiger partial charge in [0.05, 0.1) is 11.7 Å². The van der Waals surface area contributed by atoms with Crippen LogP contribution in [0.2, 0.25) is 0 Å². The Hall–Kier alpha value is -2.39. The predicted molar refractivity (Wildman–Crippen MR) is 93.0 cm³/mol. The van der Waals surface area contributed by atoms with Crippen LogP contribution in [0.1, 0.15) is 18.7 Å². The third kappa shape index (κ3) is 2.68. The molecule has 3 aromatic rings. The van der Waals surface area contributed by atoms with E-state index in [2.05, 4.69) is 59.3 Å². The van der Waals surface area contributed by atoms with Crippen LogP contribution in [-0.4, -0.2) is 18.1 Å². The first kappa shape index (κ1) is 14.5. The number of fused-ring (bicyclic) bond motifs is 1. The molecule has 0 fully saturated rings. The van der Waals surface area contributed by atoms with E-state index in [1.807, 2.05) is 24.4 Å². The average molecular weight is 291 g/mol. The van der Waals surface area contributed by atoms with E-state index >= 15 is 0 Å². The molecule has 3 rings (SSSR count). The highest BCUT2D eigenvalue weighted by Crippen LogP contribution is 2.31. The van der Waals surface area contributed by atoms with Crippen molar-refractivity contribution in [1.82, 2.24) is 4.98 Å². The topological polar surface area (TPSA) is 42.1 Å². The Morgan fingerprint density at radius 2 is 1.77 bits per heavy atom. The standard InChI is InChI=1S/C19H21N3/c1-2-22(19(14-20)17-11-5-6-13-21-17)18-12-7-9-15-8-3-4-10-16(15)18/h3-13,19H,2,14,20H2,1H3. The third-order valence-electron chi connectivity index (χ3n) is 4.05. The Morgan fingerprint density at radius 3 is 2.50 bits per heavy atom. The number of aromatic nitrogens is 1. The van der Waals surface area contributed by atoms with Crippen LogP contribution in [-0.2, 0) is 0 Å². The smallest absolute Gasteiger partial charge is 0.0835 e. The highest BCUT2D eigenvalue weighted by molar-refractivity contribution is 5.94. The highest BCUT2D eigenvalue weighted by Gasteiger charge is 2.20. The fourth-order valence-electron chi connectivity index (χ4n) is 3.00. The number of hydrogen-bond acceptors (Lipinski definition) is 3. The second kappa shape index (κ2) is 6.58. The fraction of sp³-hybridized carbons (Fsp3) is 0.211. The molecule has 1 atom stereocenters. The van der Waals surface area contributed by atoms with E-state index in [9.17, 15) is 0 Å². The number of rotatable bonds is 5.